The third kappa shape index (κ3) is 8.98. The van der Waals surface area contributed by atoms with Gasteiger partial charge < -0.3 is 34.3 Å². The predicted molar refractivity (Wildman–Crippen MR) is 174 cm³/mol. The van der Waals surface area contributed by atoms with Gasteiger partial charge in [0.2, 0.25) is 18.0 Å². The van der Waals surface area contributed by atoms with Crippen molar-refractivity contribution in [2.24, 2.45) is 0 Å². The number of hydrogen-bond donors (Lipinski definition) is 2. The average Bonchev–Trinajstić information content (AvgIpc) is 3.41. The molecule has 13 nitrogen and oxygen atoms in total. The molecule has 0 spiro atoms. The zero-order valence-corrected chi connectivity index (χ0v) is 27.6. The monoisotopic (exact) mass is 668 g/mol. The Morgan fingerprint density at radius 1 is 0.979 bits per heavy atom. The Morgan fingerprint density at radius 2 is 1.72 bits per heavy atom. The number of imidazole rings is 1. The molecular formula is C33H41ClN6O7. The lowest BCUT2D eigenvalue weighted by Crippen LogP contribution is -2.47. The van der Waals surface area contributed by atoms with E-state index in [0.29, 0.717) is 16.6 Å². The van der Waals surface area contributed by atoms with E-state index in [1.807, 2.05) is 0 Å². The summed E-state index contributed by atoms with van der Waals surface area (Å²) in [6, 6.07) is 8.25. The third-order valence-corrected chi connectivity index (χ3v) is 8.67. The number of ether oxygens (including phenoxy) is 3. The number of pyridine rings is 1. The van der Waals surface area contributed by atoms with Crippen molar-refractivity contribution >= 4 is 52.4 Å². The van der Waals surface area contributed by atoms with E-state index in [9.17, 15) is 19.2 Å². The molecule has 0 bridgehead atoms. The van der Waals surface area contributed by atoms with E-state index >= 15 is 0 Å². The number of fused-ring (bicyclic) bond motifs is 1. The summed E-state index contributed by atoms with van der Waals surface area (Å²) >= 11 is 5.92. The van der Waals surface area contributed by atoms with Gasteiger partial charge in [0.1, 0.15) is 24.0 Å². The van der Waals surface area contributed by atoms with Crippen LogP contribution in [0.15, 0.2) is 36.5 Å². The Morgan fingerprint density at radius 3 is 2.40 bits per heavy atom. The number of piperidine rings is 1. The zero-order valence-electron chi connectivity index (χ0n) is 26.9. The average molecular weight is 669 g/mol. The van der Waals surface area contributed by atoms with Crippen molar-refractivity contribution in [3.63, 3.8) is 0 Å². The van der Waals surface area contributed by atoms with Crippen LogP contribution in [0.2, 0.25) is 5.02 Å². The highest BCUT2D eigenvalue weighted by molar-refractivity contribution is 6.30. The van der Waals surface area contributed by atoms with E-state index in [-0.39, 0.29) is 41.4 Å². The quantitative estimate of drug-likeness (QED) is 0.214. The molecule has 2 aromatic heterocycles. The molecule has 3 aromatic rings. The van der Waals surface area contributed by atoms with Gasteiger partial charge in [-0.2, -0.15) is 0 Å². The largest absolute Gasteiger partial charge is 0.511 e. The molecule has 1 unspecified atom stereocenters. The molecule has 1 saturated carbocycles. The number of benzene rings is 1. The number of rotatable bonds is 10. The molecule has 1 saturated heterocycles. The van der Waals surface area contributed by atoms with Crippen molar-refractivity contribution in [2.45, 2.75) is 96.7 Å². The van der Waals surface area contributed by atoms with Crippen LogP contribution < -0.4 is 10.6 Å². The van der Waals surface area contributed by atoms with Gasteiger partial charge in [0.05, 0.1) is 16.1 Å². The van der Waals surface area contributed by atoms with Gasteiger partial charge in [-0.1, -0.05) is 24.1 Å². The van der Waals surface area contributed by atoms with Crippen molar-refractivity contribution in [3.05, 3.63) is 52.9 Å². The van der Waals surface area contributed by atoms with Gasteiger partial charge in [0, 0.05) is 38.3 Å². The maximum atomic E-state index is 13.7. The topological polar surface area (TPSA) is 154 Å². The molecule has 1 atom stereocenters. The summed E-state index contributed by atoms with van der Waals surface area (Å²) in [5.74, 6) is -1.51. The number of amides is 2. The Hall–Kier alpha value is -4.23. The lowest BCUT2D eigenvalue weighted by atomic mass is 9.98. The van der Waals surface area contributed by atoms with Crippen LogP contribution >= 0.6 is 11.6 Å². The molecule has 1 aromatic carbocycles. The van der Waals surface area contributed by atoms with Crippen molar-refractivity contribution in [3.8, 4) is 0 Å². The molecule has 2 fully saturated rings. The van der Waals surface area contributed by atoms with Gasteiger partial charge in [0.25, 0.3) is 5.91 Å². The number of esters is 1. The van der Waals surface area contributed by atoms with E-state index in [4.69, 9.17) is 25.8 Å². The first kappa shape index (κ1) is 34.1. The second-order valence-electron chi connectivity index (χ2n) is 12.2. The molecule has 2 aliphatic rings. The van der Waals surface area contributed by atoms with Crippen LogP contribution in [0.3, 0.4) is 0 Å². The van der Waals surface area contributed by atoms with Crippen LogP contribution in [-0.4, -0.2) is 80.9 Å². The van der Waals surface area contributed by atoms with Gasteiger partial charge in [0.15, 0.2) is 0 Å². The van der Waals surface area contributed by atoms with Gasteiger partial charge in [-0.15, -0.1) is 0 Å². The molecule has 1 aliphatic heterocycles. The number of nitrogens with one attached hydrogen (secondary N) is 2. The van der Waals surface area contributed by atoms with Crippen LogP contribution in [0.4, 0.5) is 10.6 Å². The number of likely N-dealkylation sites (tertiary alicyclic amines) is 1. The van der Waals surface area contributed by atoms with E-state index < -0.39 is 30.2 Å². The molecule has 2 N–H and O–H groups in total. The molecule has 3 heterocycles. The zero-order chi connectivity index (χ0) is 33.5. The van der Waals surface area contributed by atoms with Crippen molar-refractivity contribution in [1.29, 1.82) is 0 Å². The van der Waals surface area contributed by atoms with E-state index in [2.05, 4.69) is 39.3 Å². The summed E-state index contributed by atoms with van der Waals surface area (Å²) < 4.78 is 17.4. The fourth-order valence-electron chi connectivity index (χ4n) is 5.95. The van der Waals surface area contributed by atoms with Crippen LogP contribution in [0.5, 0.6) is 0 Å². The van der Waals surface area contributed by atoms with Crippen molar-refractivity contribution in [2.75, 3.05) is 18.4 Å². The number of carbonyl (C=O) groups excluding carboxylic acids is 4. The lowest BCUT2D eigenvalue weighted by molar-refractivity contribution is -0.116. The maximum Gasteiger partial charge on any atom is 0.511 e. The van der Waals surface area contributed by atoms with Crippen LogP contribution in [0, 0.1) is 0 Å². The molecule has 0 radical (unpaired) electrons. The van der Waals surface area contributed by atoms with E-state index in [1.165, 1.54) is 23.8 Å². The Kier molecular flexibility index (Phi) is 11.3. The number of anilines is 1. The first-order chi connectivity index (χ1) is 22.6. The van der Waals surface area contributed by atoms with Crippen molar-refractivity contribution < 1.29 is 33.4 Å². The van der Waals surface area contributed by atoms with Gasteiger partial charge >= 0.3 is 12.1 Å². The summed E-state index contributed by atoms with van der Waals surface area (Å²) in [4.78, 5) is 63.5. The fourth-order valence-corrected chi connectivity index (χ4v) is 6.06. The first-order valence-electron chi connectivity index (χ1n) is 16.1. The molecular weight excluding hydrogens is 628 g/mol. The number of hydrogen-bond acceptors (Lipinski definition) is 10. The summed E-state index contributed by atoms with van der Waals surface area (Å²) in [7, 11) is 0. The highest BCUT2D eigenvalue weighted by Crippen LogP contribution is 2.24. The minimum absolute atomic E-state index is 0.0360. The molecule has 47 heavy (non-hydrogen) atoms. The molecule has 2 amide bonds. The Bertz CT molecular complexity index is 1580. The number of halogens is 1. The molecule has 14 heteroatoms. The lowest BCUT2D eigenvalue weighted by Gasteiger charge is -2.34. The van der Waals surface area contributed by atoms with E-state index in [0.717, 1.165) is 58.0 Å². The third-order valence-electron chi connectivity index (χ3n) is 8.44. The van der Waals surface area contributed by atoms with Gasteiger partial charge in [-0.25, -0.2) is 19.6 Å². The molecule has 5 rings (SSSR count). The highest BCUT2D eigenvalue weighted by atomic mass is 35.5. The summed E-state index contributed by atoms with van der Waals surface area (Å²) in [5, 5.41) is 6.18. The minimum atomic E-state index is -1.24. The highest BCUT2D eigenvalue weighted by Gasteiger charge is 2.28. The van der Waals surface area contributed by atoms with Crippen LogP contribution in [-0.2, 0) is 25.5 Å². The molecule has 1 aliphatic carbocycles. The second-order valence-corrected chi connectivity index (χ2v) is 12.6. The maximum absolute atomic E-state index is 13.7. The van der Waals surface area contributed by atoms with Gasteiger partial charge in [-0.3, -0.25) is 9.59 Å². The van der Waals surface area contributed by atoms with Crippen LogP contribution in [0.25, 0.3) is 11.0 Å². The molecule has 252 valence electrons. The second kappa shape index (κ2) is 15.6. The summed E-state index contributed by atoms with van der Waals surface area (Å²) in [5.41, 5.74) is 0.562. The van der Waals surface area contributed by atoms with Crippen LogP contribution in [0.1, 0.15) is 86.7 Å². The predicted octanol–water partition coefficient (Wildman–Crippen LogP) is 5.31. The van der Waals surface area contributed by atoms with E-state index in [1.54, 1.807) is 24.3 Å². The number of nitrogens with zero attached hydrogens (tertiary/aromatic N) is 4. The minimum Gasteiger partial charge on any atom is -0.431 e. The summed E-state index contributed by atoms with van der Waals surface area (Å²) in [6.45, 7) is 7.10. The number of carbonyl (C=O) groups is 4. The Labute approximate surface area is 278 Å². The normalized spacial score (nSPS) is 16.9. The Balaban J connectivity index is 1.35. The number of aromatic nitrogens is 3. The number of para-hydroxylation sites is 1. The first-order valence-corrected chi connectivity index (χ1v) is 16.5. The SMILES string of the molecule is CC(OC(=O)OC1CCCCC1)OC(=O)c1cccc2c1nc(C(=O)NC1CCN(C(C)C)CC1)n2CC(=O)Nc1ccc(Cl)cn1. The smallest absolute Gasteiger partial charge is 0.431 e. The van der Waals surface area contributed by atoms with Gasteiger partial charge in [-0.05, 0) is 76.6 Å². The van der Waals surface area contributed by atoms with Crippen molar-refractivity contribution in [1.82, 2.24) is 24.8 Å². The summed E-state index contributed by atoms with van der Waals surface area (Å²) in [6.07, 6.45) is 5.21. The fraction of sp³-hybridized carbons (Fsp3) is 0.515. The standard InChI is InChI=1S/C33H41ClN6O7/c1-20(2)39-16-14-23(15-17-39)36-31(42)30-38-29-25(32(43)45-21(3)46-33(44)47-24-8-5-4-6-9-24)10-7-11-26(29)40(30)19-28(41)37-27-13-12-22(34)18-35-27/h7,10-13,18,20-21,23-24H,4-6,8-9,14-17,19H2,1-3H3,(H,36,42)(H,35,37,41).